The third-order valence-electron chi connectivity index (χ3n) is 2.49. The second kappa shape index (κ2) is 4.80. The molecule has 0 aliphatic rings. The number of carbonyl (C=O) groups excluding carboxylic acids is 1. The maximum absolute atomic E-state index is 10.9. The average molecular weight is 192 g/mol. The smallest absolute Gasteiger partial charge is 0.150 e. The predicted octanol–water partition coefficient (Wildman–Crippen LogP) is 2.86. The Kier molecular flexibility index (Phi) is 3.69. The molecule has 14 heavy (non-hydrogen) atoms. The molecule has 0 amide bonds. The molecule has 0 saturated heterocycles. The van der Waals surface area contributed by atoms with Gasteiger partial charge >= 0.3 is 0 Å². The van der Waals surface area contributed by atoms with Crippen molar-refractivity contribution in [1.29, 1.82) is 0 Å². The summed E-state index contributed by atoms with van der Waals surface area (Å²) in [4.78, 5) is 10.9. The van der Waals surface area contributed by atoms with Crippen LogP contribution in [0, 0.1) is 6.92 Å². The van der Waals surface area contributed by atoms with Crippen LogP contribution in [0.3, 0.4) is 0 Å². The molecule has 0 aliphatic carbocycles. The molecular weight excluding hydrogens is 176 g/mol. The summed E-state index contributed by atoms with van der Waals surface area (Å²) in [6.07, 6.45) is 3.93. The number of phenolic OH excluding ortho intramolecular Hbond substituents is 1. The number of hydrogen-bond donors (Lipinski definition) is 1. The SMILES string of the molecule is CCCCc1ccc(O)c(C)c1C=O. The Balaban J connectivity index is 3.04. The molecule has 1 aromatic carbocycles. The summed E-state index contributed by atoms with van der Waals surface area (Å²) in [5.41, 5.74) is 2.38. The molecule has 2 nitrogen and oxygen atoms in total. The number of unbranched alkanes of at least 4 members (excludes halogenated alkanes) is 1. The zero-order chi connectivity index (χ0) is 10.6. The van der Waals surface area contributed by atoms with Crippen LogP contribution in [0.25, 0.3) is 0 Å². The van der Waals surface area contributed by atoms with Gasteiger partial charge in [-0.25, -0.2) is 0 Å². The summed E-state index contributed by atoms with van der Waals surface area (Å²) in [6.45, 7) is 3.89. The lowest BCUT2D eigenvalue weighted by Crippen LogP contribution is -1.96. The first-order chi connectivity index (χ1) is 6.70. The lowest BCUT2D eigenvalue weighted by molar-refractivity contribution is 0.112. The van der Waals surface area contributed by atoms with Gasteiger partial charge in [0, 0.05) is 11.1 Å². The molecule has 0 saturated carbocycles. The Labute approximate surface area is 84.6 Å². The van der Waals surface area contributed by atoms with E-state index in [2.05, 4.69) is 6.92 Å². The highest BCUT2D eigenvalue weighted by molar-refractivity contribution is 5.80. The van der Waals surface area contributed by atoms with Crippen LogP contribution in [0.15, 0.2) is 12.1 Å². The van der Waals surface area contributed by atoms with E-state index < -0.39 is 0 Å². The minimum absolute atomic E-state index is 0.201. The van der Waals surface area contributed by atoms with E-state index in [1.54, 1.807) is 13.0 Å². The highest BCUT2D eigenvalue weighted by atomic mass is 16.3. The van der Waals surface area contributed by atoms with Crippen molar-refractivity contribution in [3.8, 4) is 5.75 Å². The average Bonchev–Trinajstić information content (AvgIpc) is 2.20. The molecule has 0 spiro atoms. The predicted molar refractivity (Wildman–Crippen MR) is 56.8 cm³/mol. The minimum Gasteiger partial charge on any atom is -0.508 e. The quantitative estimate of drug-likeness (QED) is 0.745. The summed E-state index contributed by atoms with van der Waals surface area (Å²) in [7, 11) is 0. The van der Waals surface area contributed by atoms with Crippen molar-refractivity contribution in [1.82, 2.24) is 0 Å². The summed E-state index contributed by atoms with van der Waals surface area (Å²) >= 11 is 0. The van der Waals surface area contributed by atoms with Gasteiger partial charge in [0.15, 0.2) is 6.29 Å². The van der Waals surface area contributed by atoms with Gasteiger partial charge in [0.2, 0.25) is 0 Å². The Morgan fingerprint density at radius 3 is 2.71 bits per heavy atom. The first kappa shape index (κ1) is 10.8. The zero-order valence-electron chi connectivity index (χ0n) is 8.71. The Morgan fingerprint density at radius 1 is 1.43 bits per heavy atom. The molecule has 1 rings (SSSR count). The van der Waals surface area contributed by atoms with Crippen LogP contribution in [0.5, 0.6) is 5.75 Å². The molecule has 0 aliphatic heterocycles. The van der Waals surface area contributed by atoms with Crippen molar-refractivity contribution in [2.45, 2.75) is 33.1 Å². The van der Waals surface area contributed by atoms with E-state index in [1.807, 2.05) is 6.07 Å². The summed E-state index contributed by atoms with van der Waals surface area (Å²) in [5.74, 6) is 0.201. The van der Waals surface area contributed by atoms with Crippen LogP contribution < -0.4 is 0 Å². The number of hydrogen-bond acceptors (Lipinski definition) is 2. The molecule has 1 aromatic rings. The summed E-state index contributed by atoms with van der Waals surface area (Å²) in [6, 6.07) is 3.50. The van der Waals surface area contributed by atoms with Crippen molar-refractivity contribution in [3.63, 3.8) is 0 Å². The topological polar surface area (TPSA) is 37.3 Å². The summed E-state index contributed by atoms with van der Waals surface area (Å²) in [5, 5.41) is 9.42. The van der Waals surface area contributed by atoms with Crippen LogP contribution >= 0.6 is 0 Å². The largest absolute Gasteiger partial charge is 0.508 e. The number of aryl methyl sites for hydroxylation is 1. The fourth-order valence-corrected chi connectivity index (χ4v) is 1.52. The van der Waals surface area contributed by atoms with Crippen LogP contribution in [0.4, 0.5) is 0 Å². The molecule has 0 atom stereocenters. The van der Waals surface area contributed by atoms with Crippen molar-refractivity contribution in [2.24, 2.45) is 0 Å². The number of benzene rings is 1. The summed E-state index contributed by atoms with van der Waals surface area (Å²) < 4.78 is 0. The molecule has 0 bridgehead atoms. The van der Waals surface area contributed by atoms with Gasteiger partial charge in [-0.1, -0.05) is 19.4 Å². The van der Waals surface area contributed by atoms with Crippen LogP contribution in [-0.4, -0.2) is 11.4 Å². The molecule has 1 N–H and O–H groups in total. The molecule has 2 heteroatoms. The molecule has 76 valence electrons. The standard InChI is InChI=1S/C12H16O2/c1-3-4-5-10-6-7-12(14)9(2)11(10)8-13/h6-8,14H,3-5H2,1-2H3. The van der Waals surface area contributed by atoms with E-state index in [0.717, 1.165) is 31.1 Å². The molecule has 0 aromatic heterocycles. The Hall–Kier alpha value is -1.31. The highest BCUT2D eigenvalue weighted by Gasteiger charge is 2.07. The van der Waals surface area contributed by atoms with E-state index in [-0.39, 0.29) is 5.75 Å². The van der Waals surface area contributed by atoms with Crippen molar-refractivity contribution >= 4 is 6.29 Å². The van der Waals surface area contributed by atoms with Crippen molar-refractivity contribution in [3.05, 3.63) is 28.8 Å². The van der Waals surface area contributed by atoms with Gasteiger partial charge < -0.3 is 5.11 Å². The molecule has 0 heterocycles. The van der Waals surface area contributed by atoms with Gasteiger partial charge in [0.1, 0.15) is 5.75 Å². The number of phenols is 1. The fourth-order valence-electron chi connectivity index (χ4n) is 1.52. The number of aldehydes is 1. The van der Waals surface area contributed by atoms with Crippen molar-refractivity contribution in [2.75, 3.05) is 0 Å². The van der Waals surface area contributed by atoms with Gasteiger partial charge in [-0.3, -0.25) is 4.79 Å². The minimum atomic E-state index is 0.201. The van der Waals surface area contributed by atoms with Gasteiger partial charge in [0.25, 0.3) is 0 Å². The van der Waals surface area contributed by atoms with E-state index in [9.17, 15) is 9.90 Å². The number of carbonyl (C=O) groups is 1. The molecule has 0 fully saturated rings. The second-order valence-electron chi connectivity index (χ2n) is 3.50. The lowest BCUT2D eigenvalue weighted by atomic mass is 9.98. The van der Waals surface area contributed by atoms with Gasteiger partial charge in [-0.15, -0.1) is 0 Å². The normalized spacial score (nSPS) is 10.1. The van der Waals surface area contributed by atoms with Gasteiger partial charge in [0.05, 0.1) is 0 Å². The number of aromatic hydroxyl groups is 1. The van der Waals surface area contributed by atoms with E-state index in [0.29, 0.717) is 11.1 Å². The monoisotopic (exact) mass is 192 g/mol. The van der Waals surface area contributed by atoms with E-state index in [1.165, 1.54) is 0 Å². The first-order valence-corrected chi connectivity index (χ1v) is 4.97. The van der Waals surface area contributed by atoms with Crippen LogP contribution in [0.2, 0.25) is 0 Å². The first-order valence-electron chi connectivity index (χ1n) is 4.97. The Morgan fingerprint density at radius 2 is 2.14 bits per heavy atom. The lowest BCUT2D eigenvalue weighted by Gasteiger charge is -2.08. The molecular formula is C12H16O2. The third-order valence-corrected chi connectivity index (χ3v) is 2.49. The fraction of sp³-hybridized carbons (Fsp3) is 0.417. The van der Waals surface area contributed by atoms with Crippen LogP contribution in [0.1, 0.15) is 41.3 Å². The zero-order valence-corrected chi connectivity index (χ0v) is 8.71. The van der Waals surface area contributed by atoms with Crippen molar-refractivity contribution < 1.29 is 9.90 Å². The van der Waals surface area contributed by atoms with Gasteiger partial charge in [-0.05, 0) is 31.4 Å². The van der Waals surface area contributed by atoms with Crippen LogP contribution in [-0.2, 0) is 6.42 Å². The molecule has 0 radical (unpaired) electrons. The second-order valence-corrected chi connectivity index (χ2v) is 3.50. The number of rotatable bonds is 4. The van der Waals surface area contributed by atoms with Gasteiger partial charge in [-0.2, -0.15) is 0 Å². The van der Waals surface area contributed by atoms with E-state index >= 15 is 0 Å². The maximum Gasteiger partial charge on any atom is 0.150 e. The highest BCUT2D eigenvalue weighted by Crippen LogP contribution is 2.23. The third kappa shape index (κ3) is 2.13. The molecule has 0 unspecified atom stereocenters. The van der Waals surface area contributed by atoms with E-state index in [4.69, 9.17) is 0 Å². The maximum atomic E-state index is 10.9. The Bertz CT molecular complexity index is 329.